The van der Waals surface area contributed by atoms with Gasteiger partial charge >= 0.3 is 0 Å². The molecule has 0 aliphatic heterocycles. The summed E-state index contributed by atoms with van der Waals surface area (Å²) in [7, 11) is 0. The Balaban J connectivity index is 2.63. The standard InChI is InChI=1S/C9H8FNO2S/c10-5-3-7-6(1-2-9(7)12)8(4-5)11(13)14/h3-4,13-14H,1-2H2. The second-order valence-electron chi connectivity index (χ2n) is 3.16. The smallest absolute Gasteiger partial charge is 0.163 e. The lowest BCUT2D eigenvalue weighted by molar-refractivity contribution is 0.0994. The first-order chi connectivity index (χ1) is 6.59. The summed E-state index contributed by atoms with van der Waals surface area (Å²) in [5, 5.41) is 9.12. The van der Waals surface area contributed by atoms with E-state index in [0.29, 0.717) is 28.4 Å². The maximum atomic E-state index is 13.0. The molecule has 1 aliphatic rings. The third kappa shape index (κ3) is 1.38. The van der Waals surface area contributed by atoms with Crippen molar-refractivity contribution in [3.63, 3.8) is 0 Å². The van der Waals surface area contributed by atoms with E-state index in [1.165, 1.54) is 6.07 Å². The quantitative estimate of drug-likeness (QED) is 0.553. The number of benzene rings is 1. The zero-order chi connectivity index (χ0) is 10.3. The highest BCUT2D eigenvalue weighted by Crippen LogP contribution is 2.32. The van der Waals surface area contributed by atoms with Gasteiger partial charge < -0.3 is 0 Å². The first-order valence-corrected chi connectivity index (χ1v) is 4.53. The molecule has 2 rings (SSSR count). The fourth-order valence-electron chi connectivity index (χ4n) is 1.69. The van der Waals surface area contributed by atoms with Crippen molar-refractivity contribution >= 4 is 24.3 Å². The number of nitrogens with zero attached hydrogens (tertiary/aromatic N) is 1. The van der Waals surface area contributed by atoms with Crippen LogP contribution < -0.4 is 4.47 Å². The number of anilines is 1. The predicted molar refractivity (Wildman–Crippen MR) is 52.3 cm³/mol. The van der Waals surface area contributed by atoms with E-state index >= 15 is 0 Å². The Hall–Kier alpha value is -1.07. The number of thiol groups is 1. The summed E-state index contributed by atoms with van der Waals surface area (Å²) in [5.41, 5.74) is 1.26. The lowest BCUT2D eigenvalue weighted by atomic mass is 10.1. The van der Waals surface area contributed by atoms with Crippen LogP contribution in [0.25, 0.3) is 0 Å². The molecule has 1 aliphatic carbocycles. The van der Waals surface area contributed by atoms with E-state index in [0.717, 1.165) is 6.07 Å². The Labute approximate surface area is 85.6 Å². The van der Waals surface area contributed by atoms with E-state index in [1.54, 1.807) is 0 Å². The Morgan fingerprint density at radius 3 is 2.79 bits per heavy atom. The summed E-state index contributed by atoms with van der Waals surface area (Å²) in [6, 6.07) is 2.36. The van der Waals surface area contributed by atoms with Crippen LogP contribution in [-0.2, 0) is 6.42 Å². The lowest BCUT2D eigenvalue weighted by Crippen LogP contribution is -2.06. The molecule has 1 aromatic carbocycles. The van der Waals surface area contributed by atoms with Crippen LogP contribution in [-0.4, -0.2) is 11.0 Å². The second-order valence-corrected chi connectivity index (χ2v) is 3.54. The molecule has 1 N–H and O–H groups in total. The SMILES string of the molecule is O=C1CCc2c1cc(F)cc2N(O)S. The molecule has 1 aromatic rings. The Kier molecular flexibility index (Phi) is 2.20. The van der Waals surface area contributed by atoms with Crippen LogP contribution >= 0.6 is 12.8 Å². The summed E-state index contributed by atoms with van der Waals surface area (Å²) < 4.78 is 13.6. The van der Waals surface area contributed by atoms with Gasteiger partial charge in [-0.1, -0.05) is 0 Å². The van der Waals surface area contributed by atoms with Crippen LogP contribution in [0.3, 0.4) is 0 Å². The van der Waals surface area contributed by atoms with E-state index in [2.05, 4.69) is 12.8 Å². The van der Waals surface area contributed by atoms with Crippen LogP contribution in [0.4, 0.5) is 10.1 Å². The molecule has 0 heterocycles. The van der Waals surface area contributed by atoms with Gasteiger partial charge in [0.15, 0.2) is 5.78 Å². The van der Waals surface area contributed by atoms with Crippen LogP contribution in [0, 0.1) is 5.82 Å². The average Bonchev–Trinajstić information content (AvgIpc) is 2.47. The number of carbonyl (C=O) groups excluding carboxylic acids is 1. The van der Waals surface area contributed by atoms with E-state index in [4.69, 9.17) is 5.21 Å². The normalized spacial score (nSPS) is 14.4. The molecule has 0 atom stereocenters. The molecular weight excluding hydrogens is 205 g/mol. The lowest BCUT2D eigenvalue weighted by Gasteiger charge is -2.13. The van der Waals surface area contributed by atoms with E-state index in [-0.39, 0.29) is 11.5 Å². The van der Waals surface area contributed by atoms with Crippen molar-refractivity contribution in [1.29, 1.82) is 0 Å². The van der Waals surface area contributed by atoms with Gasteiger partial charge in [0.25, 0.3) is 0 Å². The molecule has 14 heavy (non-hydrogen) atoms. The average molecular weight is 213 g/mol. The molecule has 0 radical (unpaired) electrons. The summed E-state index contributed by atoms with van der Waals surface area (Å²) >= 11 is 3.67. The van der Waals surface area contributed by atoms with Gasteiger partial charge in [0.2, 0.25) is 0 Å². The minimum absolute atomic E-state index is 0.0871. The highest BCUT2D eigenvalue weighted by molar-refractivity contribution is 7.81. The van der Waals surface area contributed by atoms with E-state index < -0.39 is 5.82 Å². The highest BCUT2D eigenvalue weighted by Gasteiger charge is 2.24. The molecule has 0 saturated heterocycles. The summed E-state index contributed by atoms with van der Waals surface area (Å²) in [4.78, 5) is 11.3. The number of fused-ring (bicyclic) bond motifs is 1. The van der Waals surface area contributed by atoms with Gasteiger partial charge in [0.1, 0.15) is 5.82 Å². The van der Waals surface area contributed by atoms with Gasteiger partial charge in [-0.2, -0.15) is 0 Å². The predicted octanol–water partition coefficient (Wildman–Crippen LogP) is 2.00. The Bertz CT molecular complexity index is 406. The van der Waals surface area contributed by atoms with Gasteiger partial charge in [0.05, 0.1) is 5.69 Å². The third-order valence-electron chi connectivity index (χ3n) is 2.31. The zero-order valence-corrected chi connectivity index (χ0v) is 8.09. The summed E-state index contributed by atoms with van der Waals surface area (Å²) in [5.74, 6) is -0.627. The van der Waals surface area contributed by atoms with Crippen molar-refractivity contribution in [2.24, 2.45) is 0 Å². The van der Waals surface area contributed by atoms with Crippen molar-refractivity contribution in [3.05, 3.63) is 29.1 Å². The fourth-order valence-corrected chi connectivity index (χ4v) is 1.86. The van der Waals surface area contributed by atoms with Crippen molar-refractivity contribution in [2.75, 3.05) is 4.47 Å². The van der Waals surface area contributed by atoms with Gasteiger partial charge in [-0.05, 0) is 30.9 Å². The molecule has 0 saturated carbocycles. The molecule has 5 heteroatoms. The van der Waals surface area contributed by atoms with Crippen LogP contribution in [0.2, 0.25) is 0 Å². The number of ketones is 1. The molecule has 3 nitrogen and oxygen atoms in total. The third-order valence-corrected chi connectivity index (χ3v) is 2.52. The number of hydrogen-bond donors (Lipinski definition) is 2. The molecule has 0 amide bonds. The van der Waals surface area contributed by atoms with Gasteiger partial charge in [-0.25, -0.2) is 8.86 Å². The molecule has 0 spiro atoms. The van der Waals surface area contributed by atoms with Crippen LogP contribution in [0.1, 0.15) is 22.3 Å². The number of Topliss-reactive ketones (excluding diaryl/α,β-unsaturated/α-hetero) is 1. The molecule has 74 valence electrons. The minimum atomic E-state index is -0.540. The van der Waals surface area contributed by atoms with E-state index in [1.807, 2.05) is 0 Å². The Morgan fingerprint density at radius 2 is 2.14 bits per heavy atom. The molecule has 0 bridgehead atoms. The minimum Gasteiger partial charge on any atom is -0.294 e. The van der Waals surface area contributed by atoms with Gasteiger partial charge in [-0.15, -0.1) is 0 Å². The maximum Gasteiger partial charge on any atom is 0.163 e. The summed E-state index contributed by atoms with van der Waals surface area (Å²) in [6.07, 6.45) is 0.898. The molecule has 0 fully saturated rings. The largest absolute Gasteiger partial charge is 0.294 e. The van der Waals surface area contributed by atoms with Gasteiger partial charge in [0, 0.05) is 18.1 Å². The number of carbonyl (C=O) groups is 1. The topological polar surface area (TPSA) is 40.5 Å². The number of halogens is 1. The molecule has 0 aromatic heterocycles. The molecule has 0 unspecified atom stereocenters. The fraction of sp³-hybridized carbons (Fsp3) is 0.222. The summed E-state index contributed by atoms with van der Waals surface area (Å²) in [6.45, 7) is 0. The Morgan fingerprint density at radius 1 is 1.43 bits per heavy atom. The van der Waals surface area contributed by atoms with Crippen molar-refractivity contribution in [3.8, 4) is 0 Å². The number of rotatable bonds is 1. The van der Waals surface area contributed by atoms with E-state index in [9.17, 15) is 9.18 Å². The highest BCUT2D eigenvalue weighted by atomic mass is 32.1. The molecular formula is C9H8FNO2S. The zero-order valence-electron chi connectivity index (χ0n) is 7.20. The van der Waals surface area contributed by atoms with Crippen molar-refractivity contribution in [1.82, 2.24) is 0 Å². The van der Waals surface area contributed by atoms with Crippen molar-refractivity contribution < 1.29 is 14.4 Å². The maximum absolute atomic E-state index is 13.0. The van der Waals surface area contributed by atoms with Gasteiger partial charge in [-0.3, -0.25) is 10.0 Å². The monoisotopic (exact) mass is 213 g/mol. The number of hydrogen-bond acceptors (Lipinski definition) is 4. The van der Waals surface area contributed by atoms with Crippen LogP contribution in [0.5, 0.6) is 0 Å². The first-order valence-electron chi connectivity index (χ1n) is 4.13. The van der Waals surface area contributed by atoms with Crippen LogP contribution in [0.15, 0.2) is 12.1 Å². The van der Waals surface area contributed by atoms with Crippen molar-refractivity contribution in [2.45, 2.75) is 12.8 Å². The second kappa shape index (κ2) is 3.25. The first kappa shape index (κ1) is 9.48.